The Morgan fingerprint density at radius 3 is 2.79 bits per heavy atom. The minimum absolute atomic E-state index is 0.143. The molecule has 0 saturated heterocycles. The lowest BCUT2D eigenvalue weighted by Gasteiger charge is -2.25. The predicted octanol–water partition coefficient (Wildman–Crippen LogP) is 3.78. The predicted molar refractivity (Wildman–Crippen MR) is 77.8 cm³/mol. The lowest BCUT2D eigenvalue weighted by molar-refractivity contribution is -0.122. The first kappa shape index (κ1) is 13.9. The molecule has 0 aromatic heterocycles. The van der Waals surface area contributed by atoms with Crippen LogP contribution in [-0.2, 0) is 16.0 Å². The molecule has 0 aliphatic carbocycles. The minimum atomic E-state index is -0.623. The van der Waals surface area contributed by atoms with Crippen molar-refractivity contribution in [1.82, 2.24) is 0 Å². The van der Waals surface area contributed by atoms with E-state index in [0.717, 1.165) is 22.0 Å². The molecule has 1 N–H and O–H groups in total. The number of halogens is 1. The van der Waals surface area contributed by atoms with E-state index < -0.39 is 6.10 Å². The summed E-state index contributed by atoms with van der Waals surface area (Å²) in [6.07, 6.45) is 0.149. The quantitative estimate of drug-likeness (QED) is 0.901. The van der Waals surface area contributed by atoms with Gasteiger partial charge in [0.25, 0.3) is 0 Å². The standard InChI is InChI=1S/C15H15BrO3/c1-4-10-5-6-11(16)7-12(10)13-14(17)8(2)19-9(3)15(13)18/h5-7,9,17H,2,4H2,1,3H3. The number of hydrogen-bond acceptors (Lipinski definition) is 3. The van der Waals surface area contributed by atoms with Gasteiger partial charge in [-0.15, -0.1) is 0 Å². The lowest BCUT2D eigenvalue weighted by Crippen LogP contribution is -2.28. The first-order valence-corrected chi connectivity index (χ1v) is 6.87. The van der Waals surface area contributed by atoms with Gasteiger partial charge < -0.3 is 9.84 Å². The van der Waals surface area contributed by atoms with Gasteiger partial charge in [-0.1, -0.05) is 35.5 Å². The number of carbonyl (C=O) groups is 1. The molecule has 3 nitrogen and oxygen atoms in total. The molecule has 1 aromatic rings. The summed E-state index contributed by atoms with van der Waals surface area (Å²) in [4.78, 5) is 12.3. The first-order valence-electron chi connectivity index (χ1n) is 6.07. The van der Waals surface area contributed by atoms with Crippen LogP contribution in [0.4, 0.5) is 0 Å². The number of aryl methyl sites for hydroxylation is 1. The fourth-order valence-corrected chi connectivity index (χ4v) is 2.49. The van der Waals surface area contributed by atoms with Gasteiger partial charge in [-0.3, -0.25) is 4.79 Å². The first-order chi connectivity index (χ1) is 8.95. The van der Waals surface area contributed by atoms with Crippen LogP contribution >= 0.6 is 15.9 Å². The third kappa shape index (κ3) is 2.45. The molecule has 1 atom stereocenters. The number of benzene rings is 1. The van der Waals surface area contributed by atoms with Crippen LogP contribution in [0.25, 0.3) is 5.57 Å². The maximum Gasteiger partial charge on any atom is 0.207 e. The van der Waals surface area contributed by atoms with Gasteiger partial charge in [0.15, 0.2) is 17.6 Å². The summed E-state index contributed by atoms with van der Waals surface area (Å²) >= 11 is 3.39. The zero-order chi connectivity index (χ0) is 14.2. The van der Waals surface area contributed by atoms with E-state index in [-0.39, 0.29) is 17.3 Å². The molecule has 4 heteroatoms. The van der Waals surface area contributed by atoms with E-state index in [1.54, 1.807) is 6.92 Å². The Labute approximate surface area is 120 Å². The van der Waals surface area contributed by atoms with Gasteiger partial charge in [-0.25, -0.2) is 0 Å². The van der Waals surface area contributed by atoms with Gasteiger partial charge in [0.1, 0.15) is 0 Å². The number of aliphatic hydroxyl groups is 1. The Hall–Kier alpha value is -1.55. The highest BCUT2D eigenvalue weighted by Crippen LogP contribution is 2.33. The van der Waals surface area contributed by atoms with Gasteiger partial charge >= 0.3 is 0 Å². The van der Waals surface area contributed by atoms with Gasteiger partial charge in [-0.05, 0) is 36.6 Å². The summed E-state index contributed by atoms with van der Waals surface area (Å²) in [6, 6.07) is 5.70. The zero-order valence-corrected chi connectivity index (χ0v) is 12.5. The third-order valence-electron chi connectivity index (χ3n) is 3.16. The molecule has 1 aliphatic heterocycles. The fraction of sp³-hybridized carbons (Fsp3) is 0.267. The van der Waals surface area contributed by atoms with Crippen LogP contribution in [0, 0.1) is 0 Å². The van der Waals surface area contributed by atoms with Crippen molar-refractivity contribution >= 4 is 27.3 Å². The van der Waals surface area contributed by atoms with Crippen LogP contribution in [-0.4, -0.2) is 17.0 Å². The number of hydrogen-bond donors (Lipinski definition) is 1. The Morgan fingerprint density at radius 2 is 2.16 bits per heavy atom. The summed E-state index contributed by atoms with van der Waals surface area (Å²) < 4.78 is 6.06. The number of ketones is 1. The topological polar surface area (TPSA) is 46.5 Å². The second-order valence-electron chi connectivity index (χ2n) is 4.43. The van der Waals surface area contributed by atoms with Gasteiger partial charge in [0, 0.05) is 4.47 Å². The van der Waals surface area contributed by atoms with Crippen LogP contribution in [0.1, 0.15) is 25.0 Å². The molecule has 100 valence electrons. The number of carbonyl (C=O) groups excluding carboxylic acids is 1. The van der Waals surface area contributed by atoms with Crippen LogP contribution < -0.4 is 0 Å². The molecule has 1 aromatic carbocycles. The van der Waals surface area contributed by atoms with Crippen molar-refractivity contribution in [3.8, 4) is 0 Å². The van der Waals surface area contributed by atoms with E-state index in [2.05, 4.69) is 22.5 Å². The van der Waals surface area contributed by atoms with E-state index >= 15 is 0 Å². The van der Waals surface area contributed by atoms with E-state index in [1.165, 1.54) is 0 Å². The normalized spacial score (nSPS) is 19.6. The maximum absolute atomic E-state index is 12.3. The Kier molecular flexibility index (Phi) is 3.80. The number of Topliss-reactive ketones (excluding diaryl/α,β-unsaturated/α-hetero) is 1. The Balaban J connectivity index is 2.68. The lowest BCUT2D eigenvalue weighted by atomic mass is 9.90. The molecule has 0 radical (unpaired) electrons. The highest BCUT2D eigenvalue weighted by molar-refractivity contribution is 9.10. The second-order valence-corrected chi connectivity index (χ2v) is 5.34. The second kappa shape index (κ2) is 5.21. The van der Waals surface area contributed by atoms with E-state index in [9.17, 15) is 9.90 Å². The van der Waals surface area contributed by atoms with Crippen molar-refractivity contribution in [3.63, 3.8) is 0 Å². The monoisotopic (exact) mass is 322 g/mol. The minimum Gasteiger partial charge on any atom is -0.504 e. The van der Waals surface area contributed by atoms with E-state index in [1.807, 2.05) is 25.1 Å². The molecular weight excluding hydrogens is 308 g/mol. The third-order valence-corrected chi connectivity index (χ3v) is 3.65. The molecule has 0 amide bonds. The number of ether oxygens (including phenoxy) is 1. The largest absolute Gasteiger partial charge is 0.504 e. The summed E-state index contributed by atoms with van der Waals surface area (Å²) in [6.45, 7) is 7.30. The molecule has 1 heterocycles. The molecule has 19 heavy (non-hydrogen) atoms. The average molecular weight is 323 g/mol. The van der Waals surface area contributed by atoms with Crippen molar-refractivity contribution in [2.75, 3.05) is 0 Å². The van der Waals surface area contributed by atoms with Gasteiger partial charge in [0.2, 0.25) is 5.78 Å². The summed E-state index contributed by atoms with van der Waals surface area (Å²) in [7, 11) is 0. The summed E-state index contributed by atoms with van der Waals surface area (Å²) in [5.74, 6) is -0.252. The van der Waals surface area contributed by atoms with E-state index in [0.29, 0.717) is 5.57 Å². The Morgan fingerprint density at radius 1 is 1.47 bits per heavy atom. The van der Waals surface area contributed by atoms with Gasteiger partial charge in [-0.2, -0.15) is 0 Å². The fourth-order valence-electron chi connectivity index (χ4n) is 2.13. The maximum atomic E-state index is 12.3. The van der Waals surface area contributed by atoms with Crippen LogP contribution in [0.2, 0.25) is 0 Å². The van der Waals surface area contributed by atoms with Crippen LogP contribution in [0.15, 0.2) is 40.8 Å². The van der Waals surface area contributed by atoms with Crippen LogP contribution in [0.3, 0.4) is 0 Å². The summed E-state index contributed by atoms with van der Waals surface area (Å²) in [5.41, 5.74) is 2.03. The van der Waals surface area contributed by atoms with Crippen molar-refractivity contribution in [1.29, 1.82) is 0 Å². The van der Waals surface area contributed by atoms with Crippen molar-refractivity contribution in [2.45, 2.75) is 26.4 Å². The smallest absolute Gasteiger partial charge is 0.207 e. The highest BCUT2D eigenvalue weighted by atomic mass is 79.9. The summed E-state index contributed by atoms with van der Waals surface area (Å²) in [5, 5.41) is 10.1. The molecule has 0 bridgehead atoms. The molecule has 1 unspecified atom stereocenters. The molecule has 0 saturated carbocycles. The van der Waals surface area contributed by atoms with Crippen molar-refractivity contribution in [2.24, 2.45) is 0 Å². The zero-order valence-electron chi connectivity index (χ0n) is 10.9. The van der Waals surface area contributed by atoms with Gasteiger partial charge in [0.05, 0.1) is 5.57 Å². The number of aliphatic hydroxyl groups excluding tert-OH is 1. The van der Waals surface area contributed by atoms with Crippen LogP contribution in [0.5, 0.6) is 0 Å². The molecule has 0 spiro atoms. The van der Waals surface area contributed by atoms with Crippen molar-refractivity contribution < 1.29 is 14.6 Å². The average Bonchev–Trinajstić information content (AvgIpc) is 2.37. The van der Waals surface area contributed by atoms with E-state index in [4.69, 9.17) is 4.74 Å². The molecular formula is C15H15BrO3. The Bertz CT molecular complexity index is 587. The molecule has 2 rings (SSSR count). The molecule has 0 fully saturated rings. The molecule has 1 aliphatic rings. The van der Waals surface area contributed by atoms with Crippen molar-refractivity contribution in [3.05, 3.63) is 51.9 Å². The SMILES string of the molecule is C=C1OC(C)C(=O)C(c2cc(Br)ccc2CC)=C1O. The highest BCUT2D eigenvalue weighted by Gasteiger charge is 2.32. The number of rotatable bonds is 2.